The van der Waals surface area contributed by atoms with Crippen LogP contribution in [0.2, 0.25) is 0 Å². The third kappa shape index (κ3) is 2.11. The molecule has 0 aliphatic rings. The van der Waals surface area contributed by atoms with Crippen LogP contribution in [-0.4, -0.2) is 0 Å². The maximum atomic E-state index is 13.6. The van der Waals surface area contributed by atoms with E-state index in [-0.39, 0.29) is 5.56 Å². The van der Waals surface area contributed by atoms with Crippen molar-refractivity contribution >= 4 is 0 Å². The summed E-state index contributed by atoms with van der Waals surface area (Å²) in [6.07, 6.45) is 0. The minimum Gasteiger partial charge on any atom is -0.428 e. The van der Waals surface area contributed by atoms with Crippen LogP contribution in [-0.2, 0) is 0 Å². The van der Waals surface area contributed by atoms with Crippen LogP contribution in [0.4, 0.5) is 8.78 Å². The molecule has 2 aromatic rings. The molecule has 88 valence electrons. The molecule has 0 bridgehead atoms. The highest BCUT2D eigenvalue weighted by molar-refractivity contribution is 5.67. The van der Waals surface area contributed by atoms with Crippen LogP contribution in [0.15, 0.2) is 33.5 Å². The predicted molar refractivity (Wildman–Crippen MR) is 59.8 cm³/mol. The number of aryl methyl sites for hydroxylation is 1. The third-order valence-electron chi connectivity index (χ3n) is 2.53. The molecule has 0 fully saturated rings. The van der Waals surface area contributed by atoms with Crippen LogP contribution >= 0.6 is 0 Å². The van der Waals surface area contributed by atoms with Crippen molar-refractivity contribution in [2.24, 2.45) is 0 Å². The fourth-order valence-corrected chi connectivity index (χ4v) is 1.66. The van der Waals surface area contributed by atoms with Gasteiger partial charge in [0.2, 0.25) is 0 Å². The maximum absolute atomic E-state index is 13.6. The molecule has 0 saturated heterocycles. The zero-order valence-electron chi connectivity index (χ0n) is 9.38. The fraction of sp³-hybridized carbons (Fsp3) is 0.154. The minimum absolute atomic E-state index is 0.194. The first-order valence-electron chi connectivity index (χ1n) is 5.06. The van der Waals surface area contributed by atoms with Crippen LogP contribution in [0.3, 0.4) is 0 Å². The molecule has 0 radical (unpaired) electrons. The average Bonchev–Trinajstić information content (AvgIpc) is 2.24. The first-order valence-corrected chi connectivity index (χ1v) is 5.06. The topological polar surface area (TPSA) is 30.2 Å². The predicted octanol–water partition coefficient (Wildman–Crippen LogP) is 3.20. The van der Waals surface area contributed by atoms with Crippen molar-refractivity contribution in [2.45, 2.75) is 13.8 Å². The summed E-state index contributed by atoms with van der Waals surface area (Å²) in [5.74, 6) is -0.957. The zero-order chi connectivity index (χ0) is 12.6. The molecule has 17 heavy (non-hydrogen) atoms. The minimum atomic E-state index is -0.696. The standard InChI is InChI=1S/C13H10F2O2/c1-7-5-11(8(2)13(16)17-7)10-4-3-9(14)6-12(10)15/h3-6H,1-2H3. The molecule has 2 rings (SSSR count). The Morgan fingerprint density at radius 1 is 1.06 bits per heavy atom. The first kappa shape index (κ1) is 11.5. The lowest BCUT2D eigenvalue weighted by atomic mass is 10.0. The van der Waals surface area contributed by atoms with Crippen LogP contribution in [0.1, 0.15) is 11.3 Å². The Morgan fingerprint density at radius 2 is 1.76 bits per heavy atom. The molecule has 0 aliphatic carbocycles. The monoisotopic (exact) mass is 236 g/mol. The normalized spacial score (nSPS) is 10.6. The Hall–Kier alpha value is -1.97. The quantitative estimate of drug-likeness (QED) is 0.761. The van der Waals surface area contributed by atoms with E-state index in [1.165, 1.54) is 6.07 Å². The molecule has 0 aliphatic heterocycles. The van der Waals surface area contributed by atoms with Crippen LogP contribution < -0.4 is 5.63 Å². The van der Waals surface area contributed by atoms with E-state index in [0.29, 0.717) is 16.9 Å². The molecule has 0 N–H and O–H groups in total. The van der Waals surface area contributed by atoms with Crippen molar-refractivity contribution in [1.82, 2.24) is 0 Å². The molecule has 1 heterocycles. The van der Waals surface area contributed by atoms with E-state index < -0.39 is 17.3 Å². The van der Waals surface area contributed by atoms with Gasteiger partial charge in [0, 0.05) is 17.2 Å². The number of halogens is 2. The largest absolute Gasteiger partial charge is 0.428 e. The second-order valence-corrected chi connectivity index (χ2v) is 3.81. The number of hydrogen-bond donors (Lipinski definition) is 0. The summed E-state index contributed by atoms with van der Waals surface area (Å²) in [7, 11) is 0. The van der Waals surface area contributed by atoms with Gasteiger partial charge >= 0.3 is 5.63 Å². The summed E-state index contributed by atoms with van der Waals surface area (Å²) in [5, 5.41) is 0. The van der Waals surface area contributed by atoms with Crippen LogP contribution in [0.25, 0.3) is 11.1 Å². The Balaban J connectivity index is 2.72. The fourth-order valence-electron chi connectivity index (χ4n) is 1.66. The van der Waals surface area contributed by atoms with Gasteiger partial charge < -0.3 is 4.42 Å². The highest BCUT2D eigenvalue weighted by atomic mass is 19.1. The van der Waals surface area contributed by atoms with E-state index in [1.807, 2.05) is 0 Å². The summed E-state index contributed by atoms with van der Waals surface area (Å²) in [6, 6.07) is 4.82. The van der Waals surface area contributed by atoms with Gasteiger partial charge in [-0.3, -0.25) is 0 Å². The molecule has 0 unspecified atom stereocenters. The van der Waals surface area contributed by atoms with Gasteiger partial charge in [-0.2, -0.15) is 0 Å². The number of rotatable bonds is 1. The summed E-state index contributed by atoms with van der Waals surface area (Å²) < 4.78 is 31.3. The van der Waals surface area contributed by atoms with Crippen LogP contribution in [0.5, 0.6) is 0 Å². The van der Waals surface area contributed by atoms with Gasteiger partial charge in [-0.25, -0.2) is 13.6 Å². The molecule has 0 saturated carbocycles. The van der Waals surface area contributed by atoms with Gasteiger partial charge in [0.05, 0.1) is 0 Å². The molecule has 0 amide bonds. The summed E-state index contributed by atoms with van der Waals surface area (Å²) in [4.78, 5) is 11.4. The number of hydrogen-bond acceptors (Lipinski definition) is 2. The van der Waals surface area contributed by atoms with Crippen molar-refractivity contribution in [1.29, 1.82) is 0 Å². The second-order valence-electron chi connectivity index (χ2n) is 3.81. The van der Waals surface area contributed by atoms with Gasteiger partial charge in [0.25, 0.3) is 0 Å². The first-order chi connectivity index (χ1) is 7.99. The Bertz CT molecular complexity index is 630. The lowest BCUT2D eigenvalue weighted by Crippen LogP contribution is -2.06. The Labute approximate surface area is 96.5 Å². The zero-order valence-corrected chi connectivity index (χ0v) is 9.38. The van der Waals surface area contributed by atoms with Crippen molar-refractivity contribution in [3.8, 4) is 11.1 Å². The molecular weight excluding hydrogens is 226 g/mol. The second kappa shape index (κ2) is 4.13. The number of benzene rings is 1. The van der Waals surface area contributed by atoms with Crippen LogP contribution in [0, 0.1) is 25.5 Å². The van der Waals surface area contributed by atoms with Gasteiger partial charge in [-0.1, -0.05) is 0 Å². The highest BCUT2D eigenvalue weighted by Gasteiger charge is 2.12. The van der Waals surface area contributed by atoms with E-state index in [1.54, 1.807) is 19.9 Å². The van der Waals surface area contributed by atoms with E-state index in [0.717, 1.165) is 12.1 Å². The molecule has 1 aromatic carbocycles. The lowest BCUT2D eigenvalue weighted by molar-refractivity contribution is 0.476. The Kier molecular flexibility index (Phi) is 2.79. The molecule has 1 aromatic heterocycles. The lowest BCUT2D eigenvalue weighted by Gasteiger charge is -2.07. The van der Waals surface area contributed by atoms with Crippen molar-refractivity contribution in [2.75, 3.05) is 0 Å². The average molecular weight is 236 g/mol. The van der Waals surface area contributed by atoms with Crippen molar-refractivity contribution in [3.63, 3.8) is 0 Å². The molecule has 2 nitrogen and oxygen atoms in total. The van der Waals surface area contributed by atoms with Gasteiger partial charge in [0.1, 0.15) is 17.4 Å². The van der Waals surface area contributed by atoms with Crippen molar-refractivity contribution < 1.29 is 13.2 Å². The maximum Gasteiger partial charge on any atom is 0.339 e. The van der Waals surface area contributed by atoms with Gasteiger partial charge in [-0.05, 0) is 37.6 Å². The van der Waals surface area contributed by atoms with Gasteiger partial charge in [-0.15, -0.1) is 0 Å². The van der Waals surface area contributed by atoms with E-state index in [9.17, 15) is 13.6 Å². The van der Waals surface area contributed by atoms with Crippen molar-refractivity contribution in [3.05, 3.63) is 57.6 Å². The highest BCUT2D eigenvalue weighted by Crippen LogP contribution is 2.25. The molecule has 0 atom stereocenters. The molecule has 4 heteroatoms. The summed E-state index contributed by atoms with van der Waals surface area (Å²) in [5.41, 5.74) is 0.418. The summed E-state index contributed by atoms with van der Waals surface area (Å²) in [6.45, 7) is 3.15. The Morgan fingerprint density at radius 3 is 2.41 bits per heavy atom. The molecule has 0 spiro atoms. The van der Waals surface area contributed by atoms with E-state index >= 15 is 0 Å². The summed E-state index contributed by atoms with van der Waals surface area (Å²) >= 11 is 0. The SMILES string of the molecule is Cc1cc(-c2ccc(F)cc2F)c(C)c(=O)o1. The smallest absolute Gasteiger partial charge is 0.339 e. The van der Waals surface area contributed by atoms with E-state index in [4.69, 9.17) is 4.42 Å². The molecular formula is C13H10F2O2. The van der Waals surface area contributed by atoms with Gasteiger partial charge in [0.15, 0.2) is 0 Å². The van der Waals surface area contributed by atoms with E-state index in [2.05, 4.69) is 0 Å². The third-order valence-corrected chi connectivity index (χ3v) is 2.53.